The lowest BCUT2D eigenvalue weighted by molar-refractivity contribution is -0.125. The van der Waals surface area contributed by atoms with Crippen molar-refractivity contribution in [2.24, 2.45) is 5.92 Å². The molecule has 7 nitrogen and oxygen atoms in total. The van der Waals surface area contributed by atoms with Gasteiger partial charge in [0.25, 0.3) is 0 Å². The fourth-order valence-corrected chi connectivity index (χ4v) is 4.79. The lowest BCUT2D eigenvalue weighted by atomic mass is 9.95. The number of piperidine rings is 1. The normalized spacial score (nSPS) is 14.2. The molecule has 1 fully saturated rings. The van der Waals surface area contributed by atoms with Crippen molar-refractivity contribution in [3.05, 3.63) is 77.6 Å². The van der Waals surface area contributed by atoms with Gasteiger partial charge in [-0.1, -0.05) is 24.3 Å². The summed E-state index contributed by atoms with van der Waals surface area (Å²) in [4.78, 5) is 19.8. The van der Waals surface area contributed by atoms with Gasteiger partial charge in [-0.3, -0.25) is 4.79 Å². The van der Waals surface area contributed by atoms with Crippen LogP contribution in [-0.2, 0) is 11.3 Å². The lowest BCUT2D eigenvalue weighted by Crippen LogP contribution is -2.40. The molecule has 36 heavy (non-hydrogen) atoms. The van der Waals surface area contributed by atoms with Gasteiger partial charge in [-0.05, 0) is 74.6 Å². The predicted molar refractivity (Wildman–Crippen MR) is 142 cm³/mol. The average Bonchev–Trinajstić information content (AvgIpc) is 3.34. The highest BCUT2D eigenvalue weighted by molar-refractivity contribution is 5.80. The number of fused-ring (bicyclic) bond motifs is 1. The van der Waals surface area contributed by atoms with Gasteiger partial charge in [0.15, 0.2) is 5.82 Å². The monoisotopic (exact) mass is 483 g/mol. The first-order chi connectivity index (χ1) is 17.5. The van der Waals surface area contributed by atoms with E-state index in [4.69, 9.17) is 14.8 Å². The molecule has 0 atom stereocenters. The Morgan fingerprint density at radius 2 is 1.92 bits per heavy atom. The number of aromatic nitrogens is 3. The molecule has 0 saturated carbocycles. The fourth-order valence-electron chi connectivity index (χ4n) is 4.79. The maximum atomic E-state index is 12.9. The van der Waals surface area contributed by atoms with Crippen LogP contribution in [0.15, 0.2) is 60.9 Å². The van der Waals surface area contributed by atoms with E-state index in [-0.39, 0.29) is 11.8 Å². The van der Waals surface area contributed by atoms with Gasteiger partial charge in [0, 0.05) is 43.5 Å². The van der Waals surface area contributed by atoms with E-state index >= 15 is 0 Å². The van der Waals surface area contributed by atoms with Crippen molar-refractivity contribution in [1.82, 2.24) is 19.9 Å². The van der Waals surface area contributed by atoms with E-state index in [1.807, 2.05) is 41.9 Å². The third-order valence-corrected chi connectivity index (χ3v) is 7.01. The van der Waals surface area contributed by atoms with Crippen LogP contribution in [0.1, 0.15) is 36.5 Å². The summed E-state index contributed by atoms with van der Waals surface area (Å²) in [7, 11) is 0. The van der Waals surface area contributed by atoms with Crippen LogP contribution in [0.5, 0.6) is 5.75 Å². The molecule has 5 rings (SSSR count). The Morgan fingerprint density at radius 3 is 2.69 bits per heavy atom. The number of ether oxygens (including phenoxy) is 1. The number of hydrogen-bond donors (Lipinski definition) is 1. The molecule has 0 spiro atoms. The summed E-state index contributed by atoms with van der Waals surface area (Å²) < 4.78 is 7.46. The van der Waals surface area contributed by atoms with Gasteiger partial charge >= 0.3 is 0 Å². The zero-order valence-electron chi connectivity index (χ0n) is 21.2. The molecule has 3 heterocycles. The molecule has 1 amide bonds. The lowest BCUT2D eigenvalue weighted by Gasteiger charge is -2.32. The summed E-state index contributed by atoms with van der Waals surface area (Å²) >= 11 is 0. The average molecular weight is 484 g/mol. The summed E-state index contributed by atoms with van der Waals surface area (Å²) in [5.74, 6) is 1.88. The number of nitrogens with one attached hydrogen (secondary N) is 1. The van der Waals surface area contributed by atoms with Crippen molar-refractivity contribution in [2.45, 2.75) is 40.2 Å². The minimum atomic E-state index is 0.00654. The second-order valence-corrected chi connectivity index (χ2v) is 9.47. The van der Waals surface area contributed by atoms with Crippen molar-refractivity contribution in [1.29, 1.82) is 0 Å². The van der Waals surface area contributed by atoms with E-state index in [1.165, 1.54) is 11.1 Å². The standard InChI is InChI=1S/C29H33N5O2/c1-4-36-25-7-5-6-22(17-25)19-31-29(35)23-10-13-33(14-11-23)28-27-18-26(32-34(27)15-12-30-28)24-9-8-20(2)21(3)16-24/h5-9,12,15-18,23H,4,10-11,13-14,19H2,1-3H3,(H,31,35). The van der Waals surface area contributed by atoms with Gasteiger partial charge in [0.1, 0.15) is 11.3 Å². The van der Waals surface area contributed by atoms with Crippen LogP contribution >= 0.6 is 0 Å². The molecule has 1 aliphatic rings. The molecule has 1 N–H and O–H groups in total. The largest absolute Gasteiger partial charge is 0.494 e. The minimum Gasteiger partial charge on any atom is -0.494 e. The summed E-state index contributed by atoms with van der Waals surface area (Å²) in [5.41, 5.74) is 6.61. The molecule has 1 aliphatic heterocycles. The van der Waals surface area contributed by atoms with Crippen molar-refractivity contribution in [3.63, 3.8) is 0 Å². The Kier molecular flexibility index (Phi) is 6.89. The number of carbonyl (C=O) groups is 1. The number of amides is 1. The first kappa shape index (κ1) is 23.9. The highest BCUT2D eigenvalue weighted by Crippen LogP contribution is 2.29. The quantitative estimate of drug-likeness (QED) is 0.403. The molecular formula is C29H33N5O2. The van der Waals surface area contributed by atoms with Gasteiger partial charge in [0.05, 0.1) is 12.3 Å². The van der Waals surface area contributed by atoms with Crippen molar-refractivity contribution >= 4 is 17.2 Å². The summed E-state index contributed by atoms with van der Waals surface area (Å²) in [5, 5.41) is 7.91. The zero-order chi connectivity index (χ0) is 25.1. The van der Waals surface area contributed by atoms with Crippen LogP contribution in [-0.4, -0.2) is 40.2 Å². The molecule has 186 valence electrons. The molecule has 0 aliphatic carbocycles. The Morgan fingerprint density at radius 1 is 1.08 bits per heavy atom. The number of rotatable bonds is 7. The number of carbonyl (C=O) groups excluding carboxylic acids is 1. The van der Waals surface area contributed by atoms with E-state index in [9.17, 15) is 4.79 Å². The van der Waals surface area contributed by atoms with Gasteiger partial charge in [0.2, 0.25) is 5.91 Å². The Balaban J connectivity index is 1.23. The van der Waals surface area contributed by atoms with Crippen LogP contribution in [0.3, 0.4) is 0 Å². The summed E-state index contributed by atoms with van der Waals surface area (Å²) in [6, 6.07) is 16.4. The van der Waals surface area contributed by atoms with Gasteiger partial charge < -0.3 is 15.0 Å². The number of hydrogen-bond acceptors (Lipinski definition) is 5. The van der Waals surface area contributed by atoms with E-state index in [1.54, 1.807) is 6.20 Å². The highest BCUT2D eigenvalue weighted by atomic mass is 16.5. The molecule has 7 heteroatoms. The second kappa shape index (κ2) is 10.4. The maximum absolute atomic E-state index is 12.9. The third-order valence-electron chi connectivity index (χ3n) is 7.01. The minimum absolute atomic E-state index is 0.00654. The van der Waals surface area contributed by atoms with Crippen molar-refractivity contribution < 1.29 is 9.53 Å². The smallest absolute Gasteiger partial charge is 0.223 e. The summed E-state index contributed by atoms with van der Waals surface area (Å²) in [6.45, 7) is 8.92. The Labute approximate surface area is 212 Å². The fraction of sp³-hybridized carbons (Fsp3) is 0.345. The SMILES string of the molecule is CCOc1cccc(CNC(=O)C2CCN(c3nccn4nc(-c5ccc(C)c(C)c5)cc34)CC2)c1. The van der Waals surface area contributed by atoms with E-state index in [0.717, 1.165) is 59.8 Å². The number of nitrogens with zero attached hydrogens (tertiary/aromatic N) is 4. The van der Waals surface area contributed by atoms with Gasteiger partial charge in [-0.15, -0.1) is 0 Å². The van der Waals surface area contributed by atoms with Crippen molar-refractivity contribution in [2.75, 3.05) is 24.6 Å². The first-order valence-electron chi connectivity index (χ1n) is 12.7. The third kappa shape index (κ3) is 5.05. The van der Waals surface area contributed by atoms with E-state index in [2.05, 4.69) is 48.3 Å². The van der Waals surface area contributed by atoms with E-state index in [0.29, 0.717) is 13.2 Å². The van der Waals surface area contributed by atoms with Gasteiger partial charge in [-0.2, -0.15) is 5.10 Å². The van der Waals surface area contributed by atoms with Crippen LogP contribution in [0.2, 0.25) is 0 Å². The van der Waals surface area contributed by atoms with Crippen LogP contribution in [0.4, 0.5) is 5.82 Å². The number of anilines is 1. The second-order valence-electron chi connectivity index (χ2n) is 9.47. The zero-order valence-corrected chi connectivity index (χ0v) is 21.2. The molecule has 0 bridgehead atoms. The number of aryl methyl sites for hydroxylation is 2. The Hall–Kier alpha value is -3.87. The topological polar surface area (TPSA) is 71.8 Å². The molecule has 4 aromatic rings. The summed E-state index contributed by atoms with van der Waals surface area (Å²) in [6.07, 6.45) is 5.29. The molecule has 0 unspecified atom stereocenters. The van der Waals surface area contributed by atoms with Crippen molar-refractivity contribution in [3.8, 4) is 17.0 Å². The predicted octanol–water partition coefficient (Wildman–Crippen LogP) is 4.94. The maximum Gasteiger partial charge on any atom is 0.223 e. The molecule has 1 saturated heterocycles. The molecule has 2 aromatic heterocycles. The number of benzene rings is 2. The highest BCUT2D eigenvalue weighted by Gasteiger charge is 2.26. The molecular weight excluding hydrogens is 450 g/mol. The van der Waals surface area contributed by atoms with Gasteiger partial charge in [-0.25, -0.2) is 9.50 Å². The first-order valence-corrected chi connectivity index (χ1v) is 12.7. The van der Waals surface area contributed by atoms with Crippen LogP contribution in [0, 0.1) is 19.8 Å². The Bertz CT molecular complexity index is 1370. The molecule has 0 radical (unpaired) electrons. The van der Waals surface area contributed by atoms with Crippen LogP contribution in [0.25, 0.3) is 16.8 Å². The molecule has 2 aromatic carbocycles. The van der Waals surface area contributed by atoms with Crippen LogP contribution < -0.4 is 15.0 Å². The van der Waals surface area contributed by atoms with E-state index < -0.39 is 0 Å².